The van der Waals surface area contributed by atoms with Crippen molar-refractivity contribution in [1.82, 2.24) is 9.62 Å². The Morgan fingerprint density at radius 2 is 1.65 bits per heavy atom. The number of fused-ring (bicyclic) bond motifs is 1. The number of nitrogens with zero attached hydrogens (tertiary/aromatic N) is 1. The van der Waals surface area contributed by atoms with Crippen molar-refractivity contribution in [2.24, 2.45) is 0 Å². The molecule has 26 heavy (non-hydrogen) atoms. The van der Waals surface area contributed by atoms with Crippen LogP contribution in [0.1, 0.15) is 24.3 Å². The van der Waals surface area contributed by atoms with Crippen molar-refractivity contribution in [3.63, 3.8) is 0 Å². The molecule has 0 spiro atoms. The molecule has 2 aromatic carbocycles. The van der Waals surface area contributed by atoms with Gasteiger partial charge in [-0.15, -0.1) is 0 Å². The average Bonchev–Trinajstić information content (AvgIpc) is 2.63. The summed E-state index contributed by atoms with van der Waals surface area (Å²) in [7, 11) is -3.18. The Morgan fingerprint density at radius 3 is 2.35 bits per heavy atom. The molecule has 138 valence electrons. The Morgan fingerprint density at radius 1 is 1.00 bits per heavy atom. The van der Waals surface area contributed by atoms with E-state index in [0.717, 1.165) is 24.9 Å². The zero-order valence-electron chi connectivity index (χ0n) is 14.3. The van der Waals surface area contributed by atoms with E-state index < -0.39 is 10.0 Å². The highest BCUT2D eigenvalue weighted by Gasteiger charge is 2.38. The lowest BCUT2D eigenvalue weighted by molar-refractivity contribution is 0.116. The molecule has 0 aromatic heterocycles. The van der Waals surface area contributed by atoms with Gasteiger partial charge >= 0.3 is 0 Å². The van der Waals surface area contributed by atoms with Crippen molar-refractivity contribution in [3.05, 3.63) is 54.1 Å². The molecule has 7 heteroatoms. The molecule has 2 aromatic rings. The lowest BCUT2D eigenvalue weighted by atomic mass is 9.87. The maximum atomic E-state index is 12.0. The van der Waals surface area contributed by atoms with Crippen molar-refractivity contribution in [2.75, 3.05) is 18.8 Å². The summed E-state index contributed by atoms with van der Waals surface area (Å²) in [4.78, 5) is 2.23. The standard InChI is InChI=1S/C19H22N2O4S/c22-15-5-9-17(10-6-15)25-16-7-3-14(4-8-16)18-2-1-11-21-12-13-26(23,24)20-19(18)21/h3-10,18-20,22H,1-2,11-13H2/t18-,19?/m0/s1. The van der Waals surface area contributed by atoms with Gasteiger partial charge in [-0.05, 0) is 61.3 Å². The number of aromatic hydroxyl groups is 1. The number of phenolic OH excluding ortho intramolecular Hbond substituents is 1. The maximum Gasteiger partial charge on any atom is 0.214 e. The number of benzene rings is 2. The summed E-state index contributed by atoms with van der Waals surface area (Å²) >= 11 is 0. The normalized spacial score (nSPS) is 25.4. The van der Waals surface area contributed by atoms with Gasteiger partial charge in [0.15, 0.2) is 0 Å². The van der Waals surface area contributed by atoms with E-state index >= 15 is 0 Å². The second-order valence-electron chi connectivity index (χ2n) is 6.83. The summed E-state index contributed by atoms with van der Waals surface area (Å²) in [5, 5.41) is 9.33. The van der Waals surface area contributed by atoms with Crippen molar-refractivity contribution in [3.8, 4) is 17.2 Å². The number of hydrogen-bond acceptors (Lipinski definition) is 5. The summed E-state index contributed by atoms with van der Waals surface area (Å²) in [6.45, 7) is 1.53. The van der Waals surface area contributed by atoms with Gasteiger partial charge in [-0.2, -0.15) is 4.72 Å². The quantitative estimate of drug-likeness (QED) is 0.863. The van der Waals surface area contributed by atoms with Gasteiger partial charge in [-0.3, -0.25) is 4.90 Å². The third kappa shape index (κ3) is 3.70. The van der Waals surface area contributed by atoms with Crippen LogP contribution < -0.4 is 9.46 Å². The molecule has 2 saturated heterocycles. The second-order valence-corrected chi connectivity index (χ2v) is 8.70. The maximum absolute atomic E-state index is 12.0. The van der Waals surface area contributed by atoms with Crippen LogP contribution in [-0.4, -0.2) is 43.4 Å². The second kappa shape index (κ2) is 6.90. The predicted molar refractivity (Wildman–Crippen MR) is 98.9 cm³/mol. The average molecular weight is 374 g/mol. The van der Waals surface area contributed by atoms with Gasteiger partial charge in [0.25, 0.3) is 0 Å². The molecule has 2 heterocycles. The third-order valence-corrected chi connectivity index (χ3v) is 6.38. The number of phenols is 1. The number of nitrogens with one attached hydrogen (secondary N) is 1. The highest BCUT2D eigenvalue weighted by atomic mass is 32.2. The first-order valence-corrected chi connectivity index (χ1v) is 10.5. The van der Waals surface area contributed by atoms with Crippen LogP contribution in [0.4, 0.5) is 0 Å². The van der Waals surface area contributed by atoms with Crippen LogP contribution in [0.15, 0.2) is 48.5 Å². The van der Waals surface area contributed by atoms with Crippen molar-refractivity contribution >= 4 is 10.0 Å². The van der Waals surface area contributed by atoms with Crippen LogP contribution in [-0.2, 0) is 10.0 Å². The van der Waals surface area contributed by atoms with Gasteiger partial charge in [-0.1, -0.05) is 12.1 Å². The molecule has 4 rings (SSSR count). The minimum absolute atomic E-state index is 0.140. The third-order valence-electron chi connectivity index (χ3n) is 5.06. The van der Waals surface area contributed by atoms with Crippen LogP contribution in [0, 0.1) is 0 Å². The van der Waals surface area contributed by atoms with Crippen LogP contribution in [0.3, 0.4) is 0 Å². The highest BCUT2D eigenvalue weighted by Crippen LogP contribution is 2.34. The molecule has 2 fully saturated rings. The van der Waals surface area contributed by atoms with E-state index in [4.69, 9.17) is 4.74 Å². The zero-order valence-corrected chi connectivity index (χ0v) is 15.2. The summed E-state index contributed by atoms with van der Waals surface area (Å²) in [5.74, 6) is 1.87. The smallest absolute Gasteiger partial charge is 0.214 e. The number of sulfonamides is 1. The first kappa shape index (κ1) is 17.3. The monoisotopic (exact) mass is 374 g/mol. The summed E-state index contributed by atoms with van der Waals surface area (Å²) < 4.78 is 32.6. The summed E-state index contributed by atoms with van der Waals surface area (Å²) in [6, 6.07) is 14.4. The van der Waals surface area contributed by atoms with E-state index in [0.29, 0.717) is 18.0 Å². The van der Waals surface area contributed by atoms with E-state index in [9.17, 15) is 13.5 Å². The largest absolute Gasteiger partial charge is 0.508 e. The highest BCUT2D eigenvalue weighted by molar-refractivity contribution is 7.89. The topological polar surface area (TPSA) is 78.9 Å². The van der Waals surface area contributed by atoms with Gasteiger partial charge in [0.2, 0.25) is 10.0 Å². The Balaban J connectivity index is 1.51. The molecule has 2 aliphatic heterocycles. The Hall–Kier alpha value is -2.09. The summed E-state index contributed by atoms with van der Waals surface area (Å²) in [6.07, 6.45) is 1.86. The molecule has 1 unspecified atom stereocenters. The molecular formula is C19H22N2O4S. The van der Waals surface area contributed by atoms with E-state index in [1.807, 2.05) is 24.3 Å². The molecule has 6 nitrogen and oxygen atoms in total. The van der Waals surface area contributed by atoms with E-state index in [2.05, 4.69) is 9.62 Å². The van der Waals surface area contributed by atoms with Gasteiger partial charge in [0.05, 0.1) is 11.9 Å². The predicted octanol–water partition coefficient (Wildman–Crippen LogP) is 2.62. The molecule has 2 aliphatic rings. The van der Waals surface area contributed by atoms with Crippen molar-refractivity contribution in [1.29, 1.82) is 0 Å². The number of hydrogen-bond donors (Lipinski definition) is 2. The molecule has 0 radical (unpaired) electrons. The first-order chi connectivity index (χ1) is 12.5. The number of ether oxygens (including phenoxy) is 1. The van der Waals surface area contributed by atoms with Gasteiger partial charge < -0.3 is 9.84 Å². The molecule has 2 atom stereocenters. The minimum Gasteiger partial charge on any atom is -0.508 e. The number of rotatable bonds is 3. The lowest BCUT2D eigenvalue weighted by Crippen LogP contribution is -2.60. The van der Waals surface area contributed by atoms with Crippen LogP contribution in [0.2, 0.25) is 0 Å². The fraction of sp³-hybridized carbons (Fsp3) is 0.368. The van der Waals surface area contributed by atoms with Gasteiger partial charge in [0.1, 0.15) is 17.2 Å². The fourth-order valence-corrected chi connectivity index (χ4v) is 5.01. The summed E-state index contributed by atoms with van der Waals surface area (Å²) in [5.41, 5.74) is 1.11. The minimum atomic E-state index is -3.18. The fourth-order valence-electron chi connectivity index (χ4n) is 3.74. The van der Waals surface area contributed by atoms with Gasteiger partial charge in [0, 0.05) is 12.5 Å². The Kier molecular flexibility index (Phi) is 4.60. The first-order valence-electron chi connectivity index (χ1n) is 8.81. The molecule has 0 bridgehead atoms. The zero-order chi connectivity index (χ0) is 18.1. The van der Waals surface area contributed by atoms with E-state index in [1.54, 1.807) is 24.3 Å². The van der Waals surface area contributed by atoms with Crippen LogP contribution in [0.5, 0.6) is 17.2 Å². The Labute approximate surface area is 153 Å². The molecule has 0 saturated carbocycles. The lowest BCUT2D eigenvalue weighted by Gasteiger charge is -2.44. The Bertz CT molecular complexity index is 865. The molecule has 2 N–H and O–H groups in total. The van der Waals surface area contributed by atoms with Crippen LogP contribution in [0.25, 0.3) is 0 Å². The molecule has 0 aliphatic carbocycles. The van der Waals surface area contributed by atoms with Crippen molar-refractivity contribution < 1.29 is 18.3 Å². The van der Waals surface area contributed by atoms with E-state index in [1.165, 1.54) is 0 Å². The SMILES string of the molecule is O=S1(=O)CCN2CCC[C@@H](c3ccc(Oc4ccc(O)cc4)cc3)C2N1. The molecular weight excluding hydrogens is 352 g/mol. The number of piperidine rings is 1. The molecule has 0 amide bonds. The van der Waals surface area contributed by atoms with E-state index in [-0.39, 0.29) is 23.6 Å². The van der Waals surface area contributed by atoms with Crippen molar-refractivity contribution in [2.45, 2.75) is 24.9 Å². The van der Waals surface area contributed by atoms with Crippen LogP contribution >= 0.6 is 0 Å². The van der Waals surface area contributed by atoms with Gasteiger partial charge in [-0.25, -0.2) is 8.42 Å².